The zero-order chi connectivity index (χ0) is 6.43. The molecule has 0 bridgehead atoms. The summed E-state index contributed by atoms with van der Waals surface area (Å²) in [5.41, 5.74) is 0. The lowest BCUT2D eigenvalue weighted by atomic mass is 10.3. The van der Waals surface area contributed by atoms with Gasteiger partial charge in [-0.2, -0.15) is 0 Å². The summed E-state index contributed by atoms with van der Waals surface area (Å²) in [6.07, 6.45) is 1.91. The normalized spacial score (nSPS) is 49.3. The number of fused-ring (bicyclic) bond motifs is 1. The molecule has 2 fully saturated rings. The first kappa shape index (κ1) is 5.69. The number of piperidine rings is 1. The molecule has 2 heteroatoms. The Balaban J connectivity index is 2.00. The van der Waals surface area contributed by atoms with Crippen molar-refractivity contribution < 1.29 is 4.74 Å². The van der Waals surface area contributed by atoms with Crippen molar-refractivity contribution in [1.82, 2.24) is 4.90 Å². The number of methoxy groups -OCH3 is 1. The van der Waals surface area contributed by atoms with E-state index in [2.05, 4.69) is 11.9 Å². The standard InChI is InChI=1S/C7H13NO/c1-8-4-7(9-2)5-3-6(5)8/h5-7H,3-4H2,1-2H3/t5-,6+,7?/m1/s1. The summed E-state index contributed by atoms with van der Waals surface area (Å²) < 4.78 is 5.29. The highest BCUT2D eigenvalue weighted by atomic mass is 16.5. The molecule has 2 aliphatic rings. The Labute approximate surface area is 55.8 Å². The van der Waals surface area contributed by atoms with Crippen molar-refractivity contribution in [2.75, 3.05) is 20.7 Å². The fraction of sp³-hybridized carbons (Fsp3) is 1.00. The van der Waals surface area contributed by atoms with Crippen LogP contribution in [0.2, 0.25) is 0 Å². The van der Waals surface area contributed by atoms with Crippen LogP contribution in [0.3, 0.4) is 0 Å². The van der Waals surface area contributed by atoms with Gasteiger partial charge in [0.05, 0.1) is 6.10 Å². The molecule has 3 atom stereocenters. The van der Waals surface area contributed by atoms with Crippen molar-refractivity contribution in [3.8, 4) is 0 Å². The smallest absolute Gasteiger partial charge is 0.0741 e. The third-order valence-corrected chi connectivity index (χ3v) is 2.62. The average Bonchev–Trinajstić information content (AvgIpc) is 2.56. The number of likely N-dealkylation sites (N-methyl/N-ethyl adjacent to an activating group) is 1. The molecule has 1 saturated carbocycles. The van der Waals surface area contributed by atoms with E-state index in [1.807, 2.05) is 7.11 Å². The SMILES string of the molecule is COC1CN(C)[C@H]2C[C@@H]12. The van der Waals surface area contributed by atoms with Gasteiger partial charge in [-0.05, 0) is 13.5 Å². The van der Waals surface area contributed by atoms with Crippen LogP contribution in [0.1, 0.15) is 6.42 Å². The van der Waals surface area contributed by atoms with Crippen molar-refractivity contribution in [3.05, 3.63) is 0 Å². The topological polar surface area (TPSA) is 12.5 Å². The number of hydrogen-bond acceptors (Lipinski definition) is 2. The highest BCUT2D eigenvalue weighted by Crippen LogP contribution is 2.44. The molecule has 1 heterocycles. The fourth-order valence-electron chi connectivity index (χ4n) is 1.91. The zero-order valence-corrected chi connectivity index (χ0v) is 6.00. The summed E-state index contributed by atoms with van der Waals surface area (Å²) in [6, 6.07) is 0.870. The summed E-state index contributed by atoms with van der Waals surface area (Å²) in [5.74, 6) is 0.875. The minimum Gasteiger partial charge on any atom is -0.380 e. The zero-order valence-electron chi connectivity index (χ0n) is 6.00. The summed E-state index contributed by atoms with van der Waals surface area (Å²) in [7, 11) is 4.00. The van der Waals surface area contributed by atoms with Gasteiger partial charge in [0, 0.05) is 25.6 Å². The Morgan fingerprint density at radius 1 is 1.56 bits per heavy atom. The molecule has 9 heavy (non-hydrogen) atoms. The van der Waals surface area contributed by atoms with Gasteiger partial charge in [-0.15, -0.1) is 0 Å². The van der Waals surface area contributed by atoms with Gasteiger partial charge < -0.3 is 9.64 Å². The van der Waals surface area contributed by atoms with Gasteiger partial charge >= 0.3 is 0 Å². The van der Waals surface area contributed by atoms with Crippen LogP contribution < -0.4 is 0 Å². The van der Waals surface area contributed by atoms with E-state index in [4.69, 9.17) is 4.74 Å². The van der Waals surface area contributed by atoms with Gasteiger partial charge in [-0.25, -0.2) is 0 Å². The Hall–Kier alpha value is -0.0800. The first-order valence-electron chi connectivity index (χ1n) is 3.56. The number of ether oxygens (including phenoxy) is 1. The van der Waals surface area contributed by atoms with E-state index in [1.54, 1.807) is 0 Å². The van der Waals surface area contributed by atoms with Crippen LogP contribution in [0, 0.1) is 5.92 Å². The number of nitrogens with zero attached hydrogens (tertiary/aromatic N) is 1. The van der Waals surface area contributed by atoms with E-state index in [0.717, 1.165) is 18.5 Å². The molecule has 2 nitrogen and oxygen atoms in total. The molecule has 1 unspecified atom stereocenters. The van der Waals surface area contributed by atoms with Crippen molar-refractivity contribution >= 4 is 0 Å². The van der Waals surface area contributed by atoms with E-state index < -0.39 is 0 Å². The molecule has 0 N–H and O–H groups in total. The van der Waals surface area contributed by atoms with Gasteiger partial charge in [-0.1, -0.05) is 0 Å². The molecule has 0 aromatic rings. The van der Waals surface area contributed by atoms with Gasteiger partial charge in [0.2, 0.25) is 0 Å². The average molecular weight is 127 g/mol. The van der Waals surface area contributed by atoms with E-state index in [-0.39, 0.29) is 0 Å². The lowest BCUT2D eigenvalue weighted by Crippen LogP contribution is -2.23. The van der Waals surface area contributed by atoms with Crippen LogP contribution in [0.15, 0.2) is 0 Å². The predicted octanol–water partition coefficient (Wildman–Crippen LogP) is 0.335. The van der Waals surface area contributed by atoms with Crippen LogP contribution in [0.25, 0.3) is 0 Å². The number of hydrogen-bond donors (Lipinski definition) is 0. The third kappa shape index (κ3) is 0.700. The Morgan fingerprint density at radius 2 is 2.33 bits per heavy atom. The first-order chi connectivity index (χ1) is 4.33. The molecular weight excluding hydrogens is 114 g/mol. The Morgan fingerprint density at radius 3 is 2.56 bits per heavy atom. The van der Waals surface area contributed by atoms with Crippen LogP contribution in [0.5, 0.6) is 0 Å². The maximum atomic E-state index is 5.29. The lowest BCUT2D eigenvalue weighted by molar-refractivity contribution is 0.0879. The van der Waals surface area contributed by atoms with Crippen LogP contribution in [0.4, 0.5) is 0 Å². The lowest BCUT2D eigenvalue weighted by Gasteiger charge is -2.13. The number of rotatable bonds is 1. The summed E-state index contributed by atoms with van der Waals surface area (Å²) in [6.45, 7) is 1.14. The molecule has 0 amide bonds. The molecule has 0 aromatic carbocycles. The largest absolute Gasteiger partial charge is 0.380 e. The van der Waals surface area contributed by atoms with Crippen molar-refractivity contribution in [2.45, 2.75) is 18.6 Å². The fourth-order valence-corrected chi connectivity index (χ4v) is 1.91. The Bertz CT molecular complexity index is 126. The summed E-state index contributed by atoms with van der Waals surface area (Å²) >= 11 is 0. The maximum Gasteiger partial charge on any atom is 0.0741 e. The number of likely N-dealkylation sites (tertiary alicyclic amines) is 1. The molecule has 1 aliphatic heterocycles. The van der Waals surface area contributed by atoms with E-state index in [0.29, 0.717) is 6.10 Å². The second-order valence-corrected chi connectivity index (χ2v) is 3.18. The molecule has 1 aliphatic carbocycles. The predicted molar refractivity (Wildman–Crippen MR) is 35.3 cm³/mol. The van der Waals surface area contributed by atoms with Crippen LogP contribution in [-0.2, 0) is 4.74 Å². The van der Waals surface area contributed by atoms with E-state index >= 15 is 0 Å². The highest BCUT2D eigenvalue weighted by molar-refractivity contribution is 5.05. The van der Waals surface area contributed by atoms with E-state index in [1.165, 1.54) is 6.42 Å². The minimum atomic E-state index is 0.542. The summed E-state index contributed by atoms with van der Waals surface area (Å²) in [5, 5.41) is 0. The van der Waals surface area contributed by atoms with E-state index in [9.17, 15) is 0 Å². The summed E-state index contributed by atoms with van der Waals surface area (Å²) in [4.78, 5) is 2.40. The second-order valence-electron chi connectivity index (χ2n) is 3.18. The van der Waals surface area contributed by atoms with Gasteiger partial charge in [0.1, 0.15) is 0 Å². The van der Waals surface area contributed by atoms with Gasteiger partial charge in [-0.3, -0.25) is 0 Å². The van der Waals surface area contributed by atoms with Crippen LogP contribution >= 0.6 is 0 Å². The van der Waals surface area contributed by atoms with Crippen molar-refractivity contribution in [2.24, 2.45) is 5.92 Å². The maximum absolute atomic E-state index is 5.29. The molecule has 0 aromatic heterocycles. The Kier molecular flexibility index (Phi) is 1.08. The van der Waals surface area contributed by atoms with Crippen LogP contribution in [-0.4, -0.2) is 37.7 Å². The second kappa shape index (κ2) is 1.70. The van der Waals surface area contributed by atoms with Crippen molar-refractivity contribution in [1.29, 1.82) is 0 Å². The van der Waals surface area contributed by atoms with Gasteiger partial charge in [0.25, 0.3) is 0 Å². The highest BCUT2D eigenvalue weighted by Gasteiger charge is 2.51. The quantitative estimate of drug-likeness (QED) is 0.503. The van der Waals surface area contributed by atoms with Crippen molar-refractivity contribution in [3.63, 3.8) is 0 Å². The monoisotopic (exact) mass is 127 g/mol. The molecule has 52 valence electrons. The molecule has 2 rings (SSSR count). The third-order valence-electron chi connectivity index (χ3n) is 2.62. The molecule has 0 spiro atoms. The van der Waals surface area contributed by atoms with Gasteiger partial charge in [0.15, 0.2) is 0 Å². The molecular formula is C7H13NO. The minimum absolute atomic E-state index is 0.542. The molecule has 0 radical (unpaired) electrons. The first-order valence-corrected chi connectivity index (χ1v) is 3.56. The molecule has 1 saturated heterocycles.